The van der Waals surface area contributed by atoms with Crippen LogP contribution in [0.4, 0.5) is 14.6 Å². The number of thioether (sulfide) groups is 1. The van der Waals surface area contributed by atoms with Gasteiger partial charge in [-0.15, -0.1) is 24.4 Å². The van der Waals surface area contributed by atoms with Gasteiger partial charge in [-0.2, -0.15) is 4.98 Å². The third-order valence-electron chi connectivity index (χ3n) is 8.63. The molecule has 1 aliphatic heterocycles. The third-order valence-corrected chi connectivity index (χ3v) is 9.94. The molecule has 1 atom stereocenters. The maximum Gasteiger partial charge on any atom is 0.355 e. The zero-order valence-corrected chi connectivity index (χ0v) is 29.2. The molecule has 1 saturated heterocycles. The van der Waals surface area contributed by atoms with Crippen LogP contribution in [0.25, 0.3) is 28.0 Å². The number of anilines is 1. The number of aromatic nitrogens is 4. The number of hydrogen-bond donors (Lipinski definition) is 2. The van der Waals surface area contributed by atoms with E-state index < -0.39 is 34.3 Å². The van der Waals surface area contributed by atoms with Gasteiger partial charge in [0.2, 0.25) is 5.91 Å². The summed E-state index contributed by atoms with van der Waals surface area (Å²) >= 11 is 5.92. The van der Waals surface area contributed by atoms with Gasteiger partial charge in [-0.05, 0) is 73.9 Å². The minimum Gasteiger partial charge on any atom is -0.507 e. The standard InChI is InChI=1S/C36H36F2N6O3S2/c1-20(2)31-33(21(3)12-14-39-31)44-35-25(18-27(38)32(40-35)30-26(37)6-5-7-28(30)45)34(41-36(44)47)43-16-15-42(19-22(43)4)29(46)13-17-49-24-10-8-23(48)9-11-24/h5-12,14,18,20,22,45,48H,13,15-17,19H2,1-4H3/t22-/m0/s1. The number of nitrogens with zero attached hydrogens (tertiary/aromatic N) is 6. The summed E-state index contributed by atoms with van der Waals surface area (Å²) in [5, 5.41) is 10.8. The van der Waals surface area contributed by atoms with Crippen molar-refractivity contribution in [1.29, 1.82) is 0 Å². The van der Waals surface area contributed by atoms with Crippen LogP contribution in [0, 0.1) is 18.6 Å². The fourth-order valence-electron chi connectivity index (χ4n) is 6.19. The SMILES string of the molecule is Cc1ccnc(C(C)C)c1-n1c(=O)nc(N2CCN(C(=O)CCSc3ccc(S)cc3)C[C@@H]2C)c2cc(F)c(-c3c(O)cccc3F)nc21. The average Bonchev–Trinajstić information content (AvgIpc) is 3.06. The van der Waals surface area contributed by atoms with E-state index in [-0.39, 0.29) is 34.7 Å². The summed E-state index contributed by atoms with van der Waals surface area (Å²) in [6, 6.07) is 14.1. The van der Waals surface area contributed by atoms with Gasteiger partial charge in [0.1, 0.15) is 23.1 Å². The van der Waals surface area contributed by atoms with Gasteiger partial charge in [0.25, 0.3) is 0 Å². The number of phenols is 1. The van der Waals surface area contributed by atoms with Crippen LogP contribution < -0.4 is 10.6 Å². The second-order valence-corrected chi connectivity index (χ2v) is 14.1. The Morgan fingerprint density at radius 1 is 1.08 bits per heavy atom. The highest BCUT2D eigenvalue weighted by molar-refractivity contribution is 7.99. The lowest BCUT2D eigenvalue weighted by Crippen LogP contribution is -2.54. The van der Waals surface area contributed by atoms with E-state index in [1.807, 2.05) is 56.9 Å². The predicted octanol–water partition coefficient (Wildman–Crippen LogP) is 6.77. The van der Waals surface area contributed by atoms with Crippen LogP contribution in [0.3, 0.4) is 0 Å². The van der Waals surface area contributed by atoms with E-state index in [1.165, 1.54) is 22.8 Å². The van der Waals surface area contributed by atoms with E-state index >= 15 is 8.78 Å². The molecule has 0 unspecified atom stereocenters. The number of hydrogen-bond acceptors (Lipinski definition) is 9. The number of pyridine rings is 2. The Balaban J connectivity index is 1.39. The first-order chi connectivity index (χ1) is 23.4. The van der Waals surface area contributed by atoms with Crippen LogP contribution in [0.1, 0.15) is 44.4 Å². The summed E-state index contributed by atoms with van der Waals surface area (Å²) in [7, 11) is 0. The molecule has 6 rings (SSSR count). The van der Waals surface area contributed by atoms with Crippen LogP contribution in [0.2, 0.25) is 0 Å². The van der Waals surface area contributed by atoms with Crippen molar-refractivity contribution in [3.63, 3.8) is 0 Å². The van der Waals surface area contributed by atoms with Crippen LogP contribution in [0.5, 0.6) is 5.75 Å². The highest BCUT2D eigenvalue weighted by Crippen LogP contribution is 2.37. The predicted molar refractivity (Wildman–Crippen MR) is 191 cm³/mol. The van der Waals surface area contributed by atoms with Gasteiger partial charge >= 0.3 is 5.69 Å². The molecular weight excluding hydrogens is 667 g/mol. The number of halogens is 2. The first kappa shape index (κ1) is 34.4. The number of fused-ring (bicyclic) bond motifs is 1. The summed E-state index contributed by atoms with van der Waals surface area (Å²) in [5.74, 6) is -1.48. The number of rotatable bonds is 8. The van der Waals surface area contributed by atoms with Crippen LogP contribution in [-0.4, -0.2) is 66.9 Å². The Kier molecular flexibility index (Phi) is 9.94. The molecule has 254 valence electrons. The lowest BCUT2D eigenvalue weighted by Gasteiger charge is -2.41. The van der Waals surface area contributed by atoms with Crippen molar-refractivity contribution in [2.24, 2.45) is 0 Å². The highest BCUT2D eigenvalue weighted by atomic mass is 32.2. The van der Waals surface area contributed by atoms with Gasteiger partial charge < -0.3 is 14.9 Å². The molecule has 1 fully saturated rings. The minimum atomic E-state index is -0.892. The molecule has 0 aliphatic carbocycles. The Bertz CT molecular complexity index is 2090. The lowest BCUT2D eigenvalue weighted by atomic mass is 10.0. The molecule has 0 spiro atoms. The number of piperazine rings is 1. The van der Waals surface area contributed by atoms with E-state index in [2.05, 4.69) is 27.6 Å². The fourth-order valence-corrected chi connectivity index (χ4v) is 7.18. The summed E-state index contributed by atoms with van der Waals surface area (Å²) in [6.45, 7) is 8.73. The Morgan fingerprint density at radius 2 is 1.84 bits per heavy atom. The molecule has 3 aromatic heterocycles. The molecule has 1 N–H and O–H groups in total. The molecule has 13 heteroatoms. The number of aryl methyl sites for hydroxylation is 1. The van der Waals surface area contributed by atoms with E-state index in [4.69, 9.17) is 0 Å². The number of carbonyl (C=O) groups is 1. The van der Waals surface area contributed by atoms with Gasteiger partial charge in [0.05, 0.1) is 22.3 Å². The Labute approximate surface area is 292 Å². The van der Waals surface area contributed by atoms with Gasteiger partial charge in [-0.1, -0.05) is 19.9 Å². The quantitative estimate of drug-likeness (QED) is 0.135. The summed E-state index contributed by atoms with van der Waals surface area (Å²) in [4.78, 5) is 46.5. The first-order valence-electron chi connectivity index (χ1n) is 16.0. The van der Waals surface area contributed by atoms with E-state index in [0.29, 0.717) is 43.2 Å². The van der Waals surface area contributed by atoms with Crippen molar-refractivity contribution >= 4 is 47.1 Å². The molecule has 1 amide bonds. The maximum absolute atomic E-state index is 16.0. The molecular formula is C36H36F2N6O3S2. The molecule has 49 heavy (non-hydrogen) atoms. The van der Waals surface area contributed by atoms with Gasteiger partial charge in [-0.3, -0.25) is 9.78 Å². The van der Waals surface area contributed by atoms with Crippen molar-refractivity contribution in [2.75, 3.05) is 30.3 Å². The molecule has 4 heterocycles. The normalized spacial score (nSPS) is 15.0. The van der Waals surface area contributed by atoms with Crippen LogP contribution in [-0.2, 0) is 4.79 Å². The van der Waals surface area contributed by atoms with Crippen molar-refractivity contribution in [1.82, 2.24) is 24.4 Å². The number of amides is 1. The van der Waals surface area contributed by atoms with E-state index in [1.54, 1.807) is 28.9 Å². The van der Waals surface area contributed by atoms with Crippen molar-refractivity contribution in [3.8, 4) is 22.7 Å². The summed E-state index contributed by atoms with van der Waals surface area (Å²) < 4.78 is 32.4. The lowest BCUT2D eigenvalue weighted by molar-refractivity contribution is -0.131. The minimum absolute atomic E-state index is 0.0216. The molecule has 2 aromatic carbocycles. The highest BCUT2D eigenvalue weighted by Gasteiger charge is 2.31. The number of benzene rings is 2. The summed E-state index contributed by atoms with van der Waals surface area (Å²) in [5.41, 5.74) is 0.301. The average molecular weight is 703 g/mol. The largest absolute Gasteiger partial charge is 0.507 e. The number of carbonyl (C=O) groups excluding carboxylic acids is 1. The van der Waals surface area contributed by atoms with Gasteiger partial charge in [0.15, 0.2) is 11.5 Å². The molecule has 0 saturated carbocycles. The molecule has 0 bridgehead atoms. The Morgan fingerprint density at radius 3 is 2.53 bits per heavy atom. The van der Waals surface area contributed by atoms with Crippen LogP contribution in [0.15, 0.2) is 75.4 Å². The van der Waals surface area contributed by atoms with Crippen molar-refractivity contribution in [3.05, 3.63) is 94.2 Å². The van der Waals surface area contributed by atoms with E-state index in [9.17, 15) is 14.7 Å². The van der Waals surface area contributed by atoms with E-state index in [0.717, 1.165) is 21.4 Å². The van der Waals surface area contributed by atoms with Crippen molar-refractivity contribution < 1.29 is 18.7 Å². The summed E-state index contributed by atoms with van der Waals surface area (Å²) in [6.07, 6.45) is 2.01. The maximum atomic E-state index is 16.0. The fraction of sp³-hybridized carbons (Fsp3) is 0.306. The topological polar surface area (TPSA) is 104 Å². The monoisotopic (exact) mass is 702 g/mol. The number of phenolic OH excluding ortho intramolecular Hbond substituents is 1. The molecule has 9 nitrogen and oxygen atoms in total. The van der Waals surface area contributed by atoms with Gasteiger partial charge in [0, 0.05) is 53.8 Å². The zero-order valence-electron chi connectivity index (χ0n) is 27.5. The molecule has 5 aromatic rings. The third kappa shape index (κ3) is 6.86. The molecule has 0 radical (unpaired) electrons. The zero-order chi connectivity index (χ0) is 35.0. The van der Waals surface area contributed by atoms with Gasteiger partial charge in [-0.25, -0.2) is 23.1 Å². The first-order valence-corrected chi connectivity index (χ1v) is 17.4. The molecule has 1 aliphatic rings. The Hall–Kier alpha value is -4.49. The number of aromatic hydroxyl groups is 1. The van der Waals surface area contributed by atoms with Crippen molar-refractivity contribution in [2.45, 2.75) is 55.9 Å². The second kappa shape index (κ2) is 14.2. The number of thiol groups is 1. The second-order valence-electron chi connectivity index (χ2n) is 12.4. The smallest absolute Gasteiger partial charge is 0.355 e. The van der Waals surface area contributed by atoms with Crippen LogP contribution >= 0.6 is 24.4 Å².